The standard InChI is InChI=1S/C14H15ClN2O2S/c1-9(14(18)17-8-11-3-2-6-19-11)20-13-7-10(15)4-5-12(13)16/h2-7,9H,8,16H2,1H3,(H,17,18). The summed E-state index contributed by atoms with van der Waals surface area (Å²) in [5.41, 5.74) is 6.48. The zero-order valence-electron chi connectivity index (χ0n) is 10.9. The fraction of sp³-hybridized carbons (Fsp3) is 0.214. The van der Waals surface area contributed by atoms with Crippen LogP contribution in [0.15, 0.2) is 45.9 Å². The Labute approximate surface area is 126 Å². The van der Waals surface area contributed by atoms with Crippen molar-refractivity contribution in [2.24, 2.45) is 0 Å². The number of amides is 1. The highest BCUT2D eigenvalue weighted by Gasteiger charge is 2.16. The first-order chi connectivity index (χ1) is 9.56. The van der Waals surface area contributed by atoms with Gasteiger partial charge in [-0.25, -0.2) is 0 Å². The molecule has 0 fully saturated rings. The first-order valence-corrected chi connectivity index (χ1v) is 7.34. The molecule has 106 valence electrons. The lowest BCUT2D eigenvalue weighted by molar-refractivity contribution is -0.120. The fourth-order valence-corrected chi connectivity index (χ4v) is 2.79. The molecule has 0 spiro atoms. The van der Waals surface area contributed by atoms with Crippen molar-refractivity contribution in [3.63, 3.8) is 0 Å². The van der Waals surface area contributed by atoms with E-state index in [1.54, 1.807) is 30.5 Å². The van der Waals surface area contributed by atoms with Gasteiger partial charge in [0.25, 0.3) is 0 Å². The van der Waals surface area contributed by atoms with Crippen molar-refractivity contribution in [3.8, 4) is 0 Å². The molecule has 0 aliphatic carbocycles. The van der Waals surface area contributed by atoms with Crippen molar-refractivity contribution < 1.29 is 9.21 Å². The number of carbonyl (C=O) groups is 1. The number of furan rings is 1. The molecule has 6 heteroatoms. The summed E-state index contributed by atoms with van der Waals surface area (Å²) < 4.78 is 5.16. The van der Waals surface area contributed by atoms with Crippen LogP contribution in [0.25, 0.3) is 0 Å². The SMILES string of the molecule is CC(Sc1cc(Cl)ccc1N)C(=O)NCc1ccco1. The molecule has 0 aliphatic rings. The molecule has 1 unspecified atom stereocenters. The highest BCUT2D eigenvalue weighted by atomic mass is 35.5. The monoisotopic (exact) mass is 310 g/mol. The maximum atomic E-state index is 12.0. The van der Waals surface area contributed by atoms with E-state index in [1.165, 1.54) is 11.8 Å². The number of benzene rings is 1. The van der Waals surface area contributed by atoms with Gasteiger partial charge < -0.3 is 15.5 Å². The summed E-state index contributed by atoms with van der Waals surface area (Å²) in [5, 5.41) is 3.14. The molecule has 1 amide bonds. The van der Waals surface area contributed by atoms with Gasteiger partial charge >= 0.3 is 0 Å². The molecule has 1 atom stereocenters. The van der Waals surface area contributed by atoms with Crippen molar-refractivity contribution in [2.45, 2.75) is 23.6 Å². The molecule has 2 rings (SSSR count). The van der Waals surface area contributed by atoms with Crippen LogP contribution >= 0.6 is 23.4 Å². The molecule has 20 heavy (non-hydrogen) atoms. The van der Waals surface area contributed by atoms with Gasteiger partial charge in [-0.15, -0.1) is 11.8 Å². The van der Waals surface area contributed by atoms with Gasteiger partial charge in [-0.1, -0.05) is 11.6 Å². The number of halogens is 1. The Morgan fingerprint density at radius 1 is 1.50 bits per heavy atom. The van der Waals surface area contributed by atoms with Gasteiger partial charge in [-0.05, 0) is 37.3 Å². The Hall–Kier alpha value is -1.59. The van der Waals surface area contributed by atoms with Crippen LogP contribution in [-0.2, 0) is 11.3 Å². The van der Waals surface area contributed by atoms with E-state index < -0.39 is 0 Å². The van der Waals surface area contributed by atoms with Crippen LogP contribution in [-0.4, -0.2) is 11.2 Å². The fourth-order valence-electron chi connectivity index (χ4n) is 1.59. The molecule has 0 radical (unpaired) electrons. The third-order valence-electron chi connectivity index (χ3n) is 2.67. The van der Waals surface area contributed by atoms with Gasteiger partial charge in [0.15, 0.2) is 0 Å². The van der Waals surface area contributed by atoms with Crippen LogP contribution in [0.2, 0.25) is 5.02 Å². The summed E-state index contributed by atoms with van der Waals surface area (Å²) in [6, 6.07) is 8.82. The minimum atomic E-state index is -0.272. The Balaban J connectivity index is 1.92. The molecule has 1 aromatic carbocycles. The maximum absolute atomic E-state index is 12.0. The second-order valence-electron chi connectivity index (χ2n) is 4.24. The Morgan fingerprint density at radius 3 is 3.00 bits per heavy atom. The van der Waals surface area contributed by atoms with Gasteiger partial charge in [0.2, 0.25) is 5.91 Å². The molecule has 2 aromatic rings. The first kappa shape index (κ1) is 14.8. The molecule has 4 nitrogen and oxygen atoms in total. The van der Waals surface area contributed by atoms with Crippen LogP contribution in [0, 0.1) is 0 Å². The minimum Gasteiger partial charge on any atom is -0.467 e. The average Bonchev–Trinajstić information content (AvgIpc) is 2.93. The van der Waals surface area contributed by atoms with Crippen molar-refractivity contribution in [3.05, 3.63) is 47.4 Å². The van der Waals surface area contributed by atoms with Crippen molar-refractivity contribution in [1.82, 2.24) is 5.32 Å². The number of thioether (sulfide) groups is 1. The van der Waals surface area contributed by atoms with Gasteiger partial charge in [-0.3, -0.25) is 4.79 Å². The van der Waals surface area contributed by atoms with Crippen molar-refractivity contribution in [2.75, 3.05) is 5.73 Å². The average molecular weight is 311 g/mol. The molecule has 3 N–H and O–H groups in total. The predicted octanol–water partition coefficient (Wildman–Crippen LogP) is 3.31. The molecule has 0 bridgehead atoms. The van der Waals surface area contributed by atoms with E-state index in [9.17, 15) is 4.79 Å². The first-order valence-electron chi connectivity index (χ1n) is 6.08. The molecule has 0 saturated heterocycles. The van der Waals surface area contributed by atoms with Gasteiger partial charge in [0.05, 0.1) is 18.1 Å². The number of anilines is 1. The Kier molecular flexibility index (Phi) is 4.98. The molecule has 1 aromatic heterocycles. The number of hydrogen-bond acceptors (Lipinski definition) is 4. The number of nitrogens with one attached hydrogen (secondary N) is 1. The van der Waals surface area contributed by atoms with Crippen LogP contribution in [0.1, 0.15) is 12.7 Å². The summed E-state index contributed by atoms with van der Waals surface area (Å²) >= 11 is 7.30. The van der Waals surface area contributed by atoms with Crippen LogP contribution in [0.4, 0.5) is 5.69 Å². The van der Waals surface area contributed by atoms with E-state index in [0.29, 0.717) is 17.3 Å². The Bertz CT molecular complexity index is 587. The Morgan fingerprint density at radius 2 is 2.30 bits per heavy atom. The normalized spacial score (nSPS) is 12.1. The van der Waals surface area contributed by atoms with Gasteiger partial charge in [-0.2, -0.15) is 0 Å². The van der Waals surface area contributed by atoms with Crippen LogP contribution in [0.5, 0.6) is 0 Å². The second-order valence-corrected chi connectivity index (χ2v) is 6.06. The van der Waals surface area contributed by atoms with E-state index in [-0.39, 0.29) is 11.2 Å². The molecular formula is C14H15ClN2O2S. The van der Waals surface area contributed by atoms with E-state index in [0.717, 1.165) is 10.7 Å². The minimum absolute atomic E-state index is 0.0780. The zero-order valence-corrected chi connectivity index (χ0v) is 12.5. The van der Waals surface area contributed by atoms with E-state index in [1.807, 2.05) is 13.0 Å². The number of rotatable bonds is 5. The highest BCUT2D eigenvalue weighted by Crippen LogP contribution is 2.31. The topological polar surface area (TPSA) is 68.3 Å². The number of nitrogens with two attached hydrogens (primary N) is 1. The largest absolute Gasteiger partial charge is 0.467 e. The third-order valence-corrected chi connectivity index (χ3v) is 4.08. The molecule has 1 heterocycles. The lowest BCUT2D eigenvalue weighted by Crippen LogP contribution is -2.30. The van der Waals surface area contributed by atoms with Crippen molar-refractivity contribution >= 4 is 35.0 Å². The summed E-state index contributed by atoms with van der Waals surface area (Å²) in [4.78, 5) is 12.8. The predicted molar refractivity (Wildman–Crippen MR) is 81.7 cm³/mol. The highest BCUT2D eigenvalue weighted by molar-refractivity contribution is 8.00. The second kappa shape index (κ2) is 6.72. The third kappa shape index (κ3) is 3.95. The van der Waals surface area contributed by atoms with E-state index >= 15 is 0 Å². The van der Waals surface area contributed by atoms with Gasteiger partial charge in [0.1, 0.15) is 5.76 Å². The lowest BCUT2D eigenvalue weighted by Gasteiger charge is -2.13. The summed E-state index contributed by atoms with van der Waals surface area (Å²) in [7, 11) is 0. The smallest absolute Gasteiger partial charge is 0.233 e. The van der Waals surface area contributed by atoms with E-state index in [2.05, 4.69) is 5.32 Å². The number of hydrogen-bond donors (Lipinski definition) is 2. The van der Waals surface area contributed by atoms with E-state index in [4.69, 9.17) is 21.8 Å². The lowest BCUT2D eigenvalue weighted by atomic mass is 10.3. The quantitative estimate of drug-likeness (QED) is 0.656. The number of carbonyl (C=O) groups excluding carboxylic acids is 1. The summed E-state index contributed by atoms with van der Waals surface area (Å²) in [6.45, 7) is 2.20. The zero-order chi connectivity index (χ0) is 14.5. The van der Waals surface area contributed by atoms with Gasteiger partial charge in [0, 0.05) is 15.6 Å². The van der Waals surface area contributed by atoms with Crippen LogP contribution < -0.4 is 11.1 Å². The molecule has 0 aliphatic heterocycles. The summed E-state index contributed by atoms with van der Waals surface area (Å²) in [6.07, 6.45) is 1.58. The maximum Gasteiger partial charge on any atom is 0.233 e. The molecular weight excluding hydrogens is 296 g/mol. The van der Waals surface area contributed by atoms with Crippen molar-refractivity contribution in [1.29, 1.82) is 0 Å². The summed E-state index contributed by atoms with van der Waals surface area (Å²) in [5.74, 6) is 0.642. The van der Waals surface area contributed by atoms with Crippen LogP contribution in [0.3, 0.4) is 0 Å². The molecule has 0 saturated carbocycles. The number of nitrogen functional groups attached to an aromatic ring is 1.